The van der Waals surface area contributed by atoms with E-state index in [9.17, 15) is 4.79 Å². The van der Waals surface area contributed by atoms with Crippen LogP contribution in [0.15, 0.2) is 35.0 Å². The third kappa shape index (κ3) is 2.55. The van der Waals surface area contributed by atoms with Crippen LogP contribution < -0.4 is 5.32 Å². The first-order chi connectivity index (χ1) is 10.3. The van der Waals surface area contributed by atoms with Crippen molar-refractivity contribution in [2.24, 2.45) is 17.8 Å². The summed E-state index contributed by atoms with van der Waals surface area (Å²) in [6, 6.07) is 8.40. The minimum atomic E-state index is 0.0385. The van der Waals surface area contributed by atoms with E-state index in [4.69, 9.17) is 0 Å². The highest BCUT2D eigenvalue weighted by molar-refractivity contribution is 7.11. The first-order valence-electron chi connectivity index (χ1n) is 7.68. The summed E-state index contributed by atoms with van der Waals surface area (Å²) in [4.78, 5) is 15.2. The second kappa shape index (κ2) is 5.58. The Kier molecular flexibility index (Phi) is 3.59. The molecule has 0 spiro atoms. The van der Waals surface area contributed by atoms with Crippen LogP contribution in [-0.4, -0.2) is 5.91 Å². The number of hydrogen-bond donors (Lipinski definition) is 1. The third-order valence-corrected chi connectivity index (χ3v) is 6.89. The summed E-state index contributed by atoms with van der Waals surface area (Å²) in [5, 5.41) is 7.50. The number of rotatable bonds is 4. The molecule has 0 radical (unpaired) electrons. The van der Waals surface area contributed by atoms with E-state index in [1.807, 2.05) is 0 Å². The fourth-order valence-corrected chi connectivity index (χ4v) is 5.67. The molecule has 21 heavy (non-hydrogen) atoms. The summed E-state index contributed by atoms with van der Waals surface area (Å²) in [6.07, 6.45) is 4.98. The molecule has 2 saturated carbocycles. The third-order valence-electron chi connectivity index (χ3n) is 5.02. The van der Waals surface area contributed by atoms with Crippen LogP contribution in [0.1, 0.15) is 41.5 Å². The van der Waals surface area contributed by atoms with E-state index in [0.29, 0.717) is 5.92 Å². The Labute approximate surface area is 133 Å². The van der Waals surface area contributed by atoms with Gasteiger partial charge in [0.15, 0.2) is 0 Å². The zero-order chi connectivity index (χ0) is 14.2. The molecule has 4 rings (SSSR count). The summed E-state index contributed by atoms with van der Waals surface area (Å²) in [6.45, 7) is 0. The number of thiophene rings is 2. The fraction of sp³-hybridized carbons (Fsp3) is 0.471. The van der Waals surface area contributed by atoms with Crippen LogP contribution >= 0.6 is 22.7 Å². The molecule has 3 unspecified atom stereocenters. The maximum absolute atomic E-state index is 12.7. The topological polar surface area (TPSA) is 29.1 Å². The van der Waals surface area contributed by atoms with E-state index in [0.717, 1.165) is 12.3 Å². The predicted octanol–water partition coefficient (Wildman–Crippen LogP) is 4.45. The average Bonchev–Trinajstić information content (AvgIpc) is 3.30. The van der Waals surface area contributed by atoms with Gasteiger partial charge >= 0.3 is 0 Å². The van der Waals surface area contributed by atoms with Crippen molar-refractivity contribution < 1.29 is 4.79 Å². The molecule has 1 N–H and O–H groups in total. The molecule has 4 heteroatoms. The van der Waals surface area contributed by atoms with E-state index in [-0.39, 0.29) is 17.9 Å². The molecule has 0 aliphatic heterocycles. The Morgan fingerprint density at radius 2 is 1.81 bits per heavy atom. The maximum Gasteiger partial charge on any atom is 0.224 e. The second-order valence-corrected chi connectivity index (χ2v) is 8.21. The summed E-state index contributed by atoms with van der Waals surface area (Å²) in [5.74, 6) is 1.98. The lowest BCUT2D eigenvalue weighted by atomic mass is 9.88. The van der Waals surface area contributed by atoms with Crippen LogP contribution in [0.4, 0.5) is 0 Å². The van der Waals surface area contributed by atoms with Crippen molar-refractivity contribution >= 4 is 28.6 Å². The molecule has 110 valence electrons. The number of nitrogens with one attached hydrogen (secondary N) is 1. The van der Waals surface area contributed by atoms with Crippen LogP contribution in [0.5, 0.6) is 0 Å². The normalized spacial score (nSPS) is 27.4. The fourth-order valence-electron chi connectivity index (χ4n) is 4.01. The molecular weight excluding hydrogens is 298 g/mol. The zero-order valence-electron chi connectivity index (χ0n) is 11.8. The molecule has 3 atom stereocenters. The summed E-state index contributed by atoms with van der Waals surface area (Å²) in [5.41, 5.74) is 0. The van der Waals surface area contributed by atoms with Gasteiger partial charge in [0.2, 0.25) is 5.91 Å². The highest BCUT2D eigenvalue weighted by atomic mass is 32.1. The summed E-state index contributed by atoms with van der Waals surface area (Å²) < 4.78 is 0. The Balaban J connectivity index is 1.53. The van der Waals surface area contributed by atoms with Gasteiger partial charge in [0.1, 0.15) is 0 Å². The minimum absolute atomic E-state index is 0.0385. The van der Waals surface area contributed by atoms with Crippen molar-refractivity contribution in [2.45, 2.75) is 31.7 Å². The number of fused-ring (bicyclic) bond motifs is 2. The van der Waals surface area contributed by atoms with Crippen LogP contribution in [0.3, 0.4) is 0 Å². The molecule has 0 saturated heterocycles. The van der Waals surface area contributed by atoms with Crippen molar-refractivity contribution in [2.75, 3.05) is 0 Å². The molecule has 2 bridgehead atoms. The Morgan fingerprint density at radius 3 is 2.29 bits per heavy atom. The van der Waals surface area contributed by atoms with Crippen molar-refractivity contribution in [1.82, 2.24) is 5.32 Å². The van der Waals surface area contributed by atoms with Crippen molar-refractivity contribution in [3.8, 4) is 0 Å². The van der Waals surface area contributed by atoms with Gasteiger partial charge < -0.3 is 5.32 Å². The van der Waals surface area contributed by atoms with E-state index >= 15 is 0 Å². The molecule has 2 fully saturated rings. The quantitative estimate of drug-likeness (QED) is 0.887. The maximum atomic E-state index is 12.7. The van der Waals surface area contributed by atoms with Gasteiger partial charge in [0.05, 0.1) is 6.04 Å². The smallest absolute Gasteiger partial charge is 0.224 e. The number of carbonyl (C=O) groups is 1. The predicted molar refractivity (Wildman–Crippen MR) is 87.6 cm³/mol. The number of amides is 1. The van der Waals surface area contributed by atoms with Crippen LogP contribution in [0.2, 0.25) is 0 Å². The first kappa shape index (κ1) is 13.5. The highest BCUT2D eigenvalue weighted by Crippen LogP contribution is 2.48. The van der Waals surface area contributed by atoms with Gasteiger partial charge in [-0.05, 0) is 54.0 Å². The van der Waals surface area contributed by atoms with Gasteiger partial charge in [-0.15, -0.1) is 22.7 Å². The molecule has 0 aromatic carbocycles. The lowest BCUT2D eigenvalue weighted by Crippen LogP contribution is -2.36. The monoisotopic (exact) mass is 317 g/mol. The van der Waals surface area contributed by atoms with Crippen LogP contribution in [0.25, 0.3) is 0 Å². The standard InChI is InChI=1S/C17H19NOS2/c19-17(13-10-11-5-6-12(13)9-11)18-16(14-3-1-7-20-14)15-4-2-8-21-15/h1-4,7-8,11-13,16H,5-6,9-10H2,(H,18,19). The van der Waals surface area contributed by atoms with Gasteiger partial charge in [0, 0.05) is 15.7 Å². The van der Waals surface area contributed by atoms with Gasteiger partial charge in [-0.3, -0.25) is 4.79 Å². The molecule has 2 heterocycles. The van der Waals surface area contributed by atoms with E-state index in [1.54, 1.807) is 22.7 Å². The van der Waals surface area contributed by atoms with Gasteiger partial charge in [-0.2, -0.15) is 0 Å². The van der Waals surface area contributed by atoms with Crippen molar-refractivity contribution in [3.05, 3.63) is 44.8 Å². The number of carbonyl (C=O) groups excluding carboxylic acids is 1. The highest BCUT2D eigenvalue weighted by Gasteiger charge is 2.43. The molecule has 2 aromatic heterocycles. The molecule has 2 aromatic rings. The van der Waals surface area contributed by atoms with E-state index < -0.39 is 0 Å². The van der Waals surface area contributed by atoms with Crippen molar-refractivity contribution in [3.63, 3.8) is 0 Å². The largest absolute Gasteiger partial charge is 0.343 e. The SMILES string of the molecule is O=C(NC(c1cccs1)c1cccs1)C1CC2CCC1C2. The second-order valence-electron chi connectivity index (χ2n) is 6.25. The first-order valence-corrected chi connectivity index (χ1v) is 9.44. The molecule has 2 aliphatic rings. The van der Waals surface area contributed by atoms with Crippen LogP contribution in [-0.2, 0) is 4.79 Å². The Bertz CT molecular complexity index is 571. The van der Waals surface area contributed by atoms with Crippen LogP contribution in [0, 0.1) is 17.8 Å². The minimum Gasteiger partial charge on any atom is -0.343 e. The Morgan fingerprint density at radius 1 is 1.10 bits per heavy atom. The lowest BCUT2D eigenvalue weighted by Gasteiger charge is -2.24. The van der Waals surface area contributed by atoms with E-state index in [2.05, 4.69) is 40.3 Å². The van der Waals surface area contributed by atoms with E-state index in [1.165, 1.54) is 29.0 Å². The molecular formula is C17H19NOS2. The average molecular weight is 317 g/mol. The van der Waals surface area contributed by atoms with Gasteiger partial charge in [-0.25, -0.2) is 0 Å². The molecule has 2 aliphatic carbocycles. The zero-order valence-corrected chi connectivity index (χ0v) is 13.5. The summed E-state index contributed by atoms with van der Waals surface area (Å²) in [7, 11) is 0. The Hall–Kier alpha value is -1.13. The van der Waals surface area contributed by atoms with Gasteiger partial charge in [0.25, 0.3) is 0 Å². The number of hydrogen-bond acceptors (Lipinski definition) is 3. The molecule has 1 amide bonds. The van der Waals surface area contributed by atoms with Crippen molar-refractivity contribution in [1.29, 1.82) is 0 Å². The van der Waals surface area contributed by atoms with Gasteiger partial charge in [-0.1, -0.05) is 18.6 Å². The lowest BCUT2D eigenvalue weighted by molar-refractivity contribution is -0.127. The molecule has 2 nitrogen and oxygen atoms in total. The summed E-state index contributed by atoms with van der Waals surface area (Å²) >= 11 is 3.44.